The second-order valence-corrected chi connectivity index (χ2v) is 3.02. The Balaban J connectivity index is 3.26. The fourth-order valence-corrected chi connectivity index (χ4v) is 1.11. The van der Waals surface area contributed by atoms with Gasteiger partial charge in [0.2, 0.25) is 0 Å². The molecule has 0 aliphatic heterocycles. The van der Waals surface area contributed by atoms with Gasteiger partial charge in [-0.1, -0.05) is 0 Å². The maximum absolute atomic E-state index is 11.4. The van der Waals surface area contributed by atoms with Crippen molar-refractivity contribution in [3.8, 4) is 0 Å². The summed E-state index contributed by atoms with van der Waals surface area (Å²) in [6.07, 6.45) is 0. The van der Waals surface area contributed by atoms with Crippen LogP contribution in [-0.4, -0.2) is 10.4 Å². The van der Waals surface area contributed by atoms with Crippen LogP contribution in [0, 0.1) is 6.92 Å². The Kier molecular flexibility index (Phi) is 2.51. The van der Waals surface area contributed by atoms with Gasteiger partial charge in [0.1, 0.15) is 5.78 Å². The molecular weight excluding hydrogens is 168 g/mol. The zero-order valence-electron chi connectivity index (χ0n) is 7.70. The third-order valence-electron chi connectivity index (χ3n) is 1.80. The van der Waals surface area contributed by atoms with E-state index in [0.717, 1.165) is 5.69 Å². The van der Waals surface area contributed by atoms with Crippen LogP contribution in [0.1, 0.15) is 12.6 Å². The van der Waals surface area contributed by atoms with Crippen LogP contribution < -0.4 is 11.3 Å². The molecule has 0 spiro atoms. The Morgan fingerprint density at radius 2 is 2.15 bits per heavy atom. The van der Waals surface area contributed by atoms with Gasteiger partial charge in [-0.2, -0.15) is 0 Å². The van der Waals surface area contributed by atoms with Gasteiger partial charge in [-0.25, -0.2) is 0 Å². The average molecular weight is 180 g/mol. The van der Waals surface area contributed by atoms with E-state index in [0.29, 0.717) is 0 Å². The van der Waals surface area contributed by atoms with Crippen LogP contribution in [0.15, 0.2) is 16.9 Å². The molecule has 1 rings (SSSR count). The second-order valence-electron chi connectivity index (χ2n) is 3.02. The smallest absolute Gasteiger partial charge is 0.274 e. The maximum atomic E-state index is 11.4. The van der Waals surface area contributed by atoms with E-state index in [1.165, 1.54) is 11.5 Å². The van der Waals surface area contributed by atoms with Gasteiger partial charge in [0.05, 0.1) is 12.2 Å². The van der Waals surface area contributed by atoms with Crippen LogP contribution in [0.3, 0.4) is 0 Å². The minimum Gasteiger partial charge on any atom is -0.394 e. The van der Waals surface area contributed by atoms with E-state index >= 15 is 0 Å². The van der Waals surface area contributed by atoms with E-state index in [2.05, 4.69) is 0 Å². The number of aromatic nitrogens is 1. The highest BCUT2D eigenvalue weighted by Gasteiger charge is 2.04. The van der Waals surface area contributed by atoms with Crippen molar-refractivity contribution < 1.29 is 4.79 Å². The molecule has 0 saturated heterocycles. The van der Waals surface area contributed by atoms with E-state index in [1.807, 2.05) is 0 Å². The summed E-state index contributed by atoms with van der Waals surface area (Å²) in [5, 5.41) is 0. The highest BCUT2D eigenvalue weighted by atomic mass is 16.1. The van der Waals surface area contributed by atoms with Crippen molar-refractivity contribution >= 4 is 11.5 Å². The number of anilines is 1. The molecule has 70 valence electrons. The SMILES string of the molecule is CC(=O)Cn1c(C)ccc(N)c1=O. The van der Waals surface area contributed by atoms with Crippen LogP contribution >= 0.6 is 0 Å². The molecule has 0 bridgehead atoms. The predicted molar refractivity (Wildman–Crippen MR) is 50.5 cm³/mol. The molecule has 0 saturated carbocycles. The molecule has 4 heteroatoms. The van der Waals surface area contributed by atoms with Crippen molar-refractivity contribution in [3.05, 3.63) is 28.2 Å². The zero-order chi connectivity index (χ0) is 10.0. The Hall–Kier alpha value is -1.58. The van der Waals surface area contributed by atoms with Gasteiger partial charge in [-0.05, 0) is 26.0 Å². The molecule has 2 N–H and O–H groups in total. The summed E-state index contributed by atoms with van der Waals surface area (Å²) in [4.78, 5) is 22.2. The second kappa shape index (κ2) is 3.43. The normalized spacial score (nSPS) is 10.0. The number of nitrogens with zero attached hydrogens (tertiary/aromatic N) is 1. The number of rotatable bonds is 2. The van der Waals surface area contributed by atoms with Gasteiger partial charge in [0.15, 0.2) is 0 Å². The lowest BCUT2D eigenvalue weighted by Gasteiger charge is -2.07. The topological polar surface area (TPSA) is 65.1 Å². The van der Waals surface area contributed by atoms with Gasteiger partial charge in [-0.3, -0.25) is 9.59 Å². The number of carbonyl (C=O) groups is 1. The van der Waals surface area contributed by atoms with Crippen LogP contribution in [0.4, 0.5) is 5.69 Å². The number of hydrogen-bond donors (Lipinski definition) is 1. The summed E-state index contributed by atoms with van der Waals surface area (Å²) in [7, 11) is 0. The third-order valence-corrected chi connectivity index (χ3v) is 1.80. The lowest BCUT2D eigenvalue weighted by atomic mass is 10.3. The molecule has 0 amide bonds. The summed E-state index contributed by atoms with van der Waals surface area (Å²) < 4.78 is 1.37. The van der Waals surface area contributed by atoms with Crippen molar-refractivity contribution in [2.24, 2.45) is 0 Å². The number of nitrogens with two attached hydrogens (primary N) is 1. The molecule has 0 radical (unpaired) electrons. The van der Waals surface area contributed by atoms with Crippen molar-refractivity contribution in [3.63, 3.8) is 0 Å². The first-order valence-corrected chi connectivity index (χ1v) is 3.97. The van der Waals surface area contributed by atoms with Crippen molar-refractivity contribution in [1.29, 1.82) is 0 Å². The number of nitrogen functional groups attached to an aromatic ring is 1. The maximum Gasteiger partial charge on any atom is 0.274 e. The number of ketones is 1. The summed E-state index contributed by atoms with van der Waals surface area (Å²) in [6, 6.07) is 3.27. The summed E-state index contributed by atoms with van der Waals surface area (Å²) in [5.74, 6) is -0.0594. The predicted octanol–water partition coefficient (Wildman–Crippen LogP) is 0.328. The standard InChI is InChI=1S/C9H12N2O2/c1-6-3-4-8(10)9(13)11(6)5-7(2)12/h3-4H,5,10H2,1-2H3. The van der Waals surface area contributed by atoms with E-state index in [1.54, 1.807) is 19.1 Å². The minimum atomic E-state index is -0.296. The van der Waals surface area contributed by atoms with Gasteiger partial charge in [0, 0.05) is 5.69 Å². The fourth-order valence-electron chi connectivity index (χ4n) is 1.11. The van der Waals surface area contributed by atoms with Crippen LogP contribution in [0.5, 0.6) is 0 Å². The van der Waals surface area contributed by atoms with E-state index in [4.69, 9.17) is 5.73 Å². The number of pyridine rings is 1. The van der Waals surface area contributed by atoms with E-state index in [9.17, 15) is 9.59 Å². The highest BCUT2D eigenvalue weighted by molar-refractivity contribution is 5.75. The largest absolute Gasteiger partial charge is 0.394 e. The first kappa shape index (κ1) is 9.51. The van der Waals surface area contributed by atoms with Crippen molar-refractivity contribution in [2.75, 3.05) is 5.73 Å². The van der Waals surface area contributed by atoms with Gasteiger partial charge in [0.25, 0.3) is 5.56 Å². The molecule has 0 atom stereocenters. The first-order chi connectivity index (χ1) is 6.02. The molecule has 1 aromatic rings. The average Bonchev–Trinajstić information content (AvgIpc) is 2.05. The fraction of sp³-hybridized carbons (Fsp3) is 0.333. The van der Waals surface area contributed by atoms with Crippen molar-refractivity contribution in [2.45, 2.75) is 20.4 Å². The molecule has 0 fully saturated rings. The summed E-state index contributed by atoms with van der Waals surface area (Å²) >= 11 is 0. The third kappa shape index (κ3) is 1.96. The highest BCUT2D eigenvalue weighted by Crippen LogP contribution is 1.99. The van der Waals surface area contributed by atoms with E-state index in [-0.39, 0.29) is 23.6 Å². The Morgan fingerprint density at radius 3 is 2.69 bits per heavy atom. The number of aryl methyl sites for hydroxylation is 1. The molecule has 4 nitrogen and oxygen atoms in total. The van der Waals surface area contributed by atoms with E-state index < -0.39 is 0 Å². The van der Waals surface area contributed by atoms with Crippen LogP contribution in [-0.2, 0) is 11.3 Å². The van der Waals surface area contributed by atoms with Crippen LogP contribution in [0.2, 0.25) is 0 Å². The molecule has 1 heterocycles. The molecular formula is C9H12N2O2. The lowest BCUT2D eigenvalue weighted by molar-refractivity contribution is -0.117. The van der Waals surface area contributed by atoms with Crippen molar-refractivity contribution in [1.82, 2.24) is 4.57 Å². The monoisotopic (exact) mass is 180 g/mol. The number of carbonyl (C=O) groups excluding carboxylic acids is 1. The molecule has 1 aromatic heterocycles. The Bertz CT molecular complexity index is 393. The zero-order valence-corrected chi connectivity index (χ0v) is 7.70. The Labute approximate surface area is 76.0 Å². The molecule has 0 aliphatic carbocycles. The van der Waals surface area contributed by atoms with Gasteiger partial charge < -0.3 is 10.3 Å². The van der Waals surface area contributed by atoms with Gasteiger partial charge >= 0.3 is 0 Å². The lowest BCUT2D eigenvalue weighted by Crippen LogP contribution is -2.26. The quantitative estimate of drug-likeness (QED) is 0.713. The summed E-state index contributed by atoms with van der Waals surface area (Å²) in [5.41, 5.74) is 6.04. The molecule has 0 unspecified atom stereocenters. The summed E-state index contributed by atoms with van der Waals surface area (Å²) in [6.45, 7) is 3.30. The first-order valence-electron chi connectivity index (χ1n) is 3.97. The number of Topliss-reactive ketones (excluding diaryl/α,β-unsaturated/α-hetero) is 1. The van der Waals surface area contributed by atoms with Crippen LogP contribution in [0.25, 0.3) is 0 Å². The number of hydrogen-bond acceptors (Lipinski definition) is 3. The Morgan fingerprint density at radius 1 is 1.54 bits per heavy atom. The minimum absolute atomic E-state index is 0.0594. The molecule has 0 aliphatic rings. The van der Waals surface area contributed by atoms with Gasteiger partial charge in [-0.15, -0.1) is 0 Å². The molecule has 13 heavy (non-hydrogen) atoms. The molecule has 0 aromatic carbocycles.